The minimum absolute atomic E-state index is 0.0408. The van der Waals surface area contributed by atoms with Crippen molar-refractivity contribution in [2.45, 2.75) is 95.6 Å². The number of amides is 2. The zero-order chi connectivity index (χ0) is 20.7. The van der Waals surface area contributed by atoms with Gasteiger partial charge in [-0.1, -0.05) is 32.1 Å². The largest absolute Gasteiger partial charge is 0.388 e. The molecule has 2 saturated heterocycles. The number of likely N-dealkylation sites (tertiary alicyclic amines) is 2. The van der Waals surface area contributed by atoms with Crippen molar-refractivity contribution < 1.29 is 14.7 Å². The second-order valence-electron chi connectivity index (χ2n) is 9.75. The van der Waals surface area contributed by atoms with Crippen LogP contribution in [0, 0.1) is 5.92 Å². The van der Waals surface area contributed by atoms with Gasteiger partial charge in [0.15, 0.2) is 0 Å². The van der Waals surface area contributed by atoms with Crippen molar-refractivity contribution >= 4 is 11.8 Å². The van der Waals surface area contributed by atoms with Crippen LogP contribution in [0.4, 0.5) is 0 Å². The summed E-state index contributed by atoms with van der Waals surface area (Å²) in [6.45, 7) is 5.56. The van der Waals surface area contributed by atoms with Crippen LogP contribution in [0.2, 0.25) is 0 Å². The number of carbonyl (C=O) groups is 2. The maximum atomic E-state index is 12.7. The lowest BCUT2D eigenvalue weighted by Gasteiger charge is -2.38. The van der Waals surface area contributed by atoms with E-state index in [0.717, 1.165) is 57.7 Å². The highest BCUT2D eigenvalue weighted by Gasteiger charge is 2.34. The molecule has 1 atom stereocenters. The van der Waals surface area contributed by atoms with Gasteiger partial charge in [0.25, 0.3) is 0 Å². The second kappa shape index (κ2) is 10.8. The van der Waals surface area contributed by atoms with Crippen LogP contribution in [0.3, 0.4) is 0 Å². The number of aliphatic hydroxyl groups is 1. The fourth-order valence-corrected chi connectivity index (χ4v) is 5.49. The van der Waals surface area contributed by atoms with Crippen LogP contribution in [-0.2, 0) is 9.59 Å². The Kier molecular flexibility index (Phi) is 8.36. The molecule has 0 bridgehead atoms. The third-order valence-electron chi connectivity index (χ3n) is 7.27. The van der Waals surface area contributed by atoms with Crippen LogP contribution in [0.15, 0.2) is 0 Å². The van der Waals surface area contributed by atoms with Gasteiger partial charge in [0, 0.05) is 52.1 Å². The van der Waals surface area contributed by atoms with Crippen molar-refractivity contribution in [3.63, 3.8) is 0 Å². The van der Waals surface area contributed by atoms with Crippen LogP contribution >= 0.6 is 0 Å². The van der Waals surface area contributed by atoms with Gasteiger partial charge in [-0.3, -0.25) is 9.59 Å². The predicted octanol–water partition coefficient (Wildman–Crippen LogP) is 2.69. The smallest absolute Gasteiger partial charge is 0.222 e. The molecule has 1 aliphatic carbocycles. The molecule has 0 unspecified atom stereocenters. The molecule has 6 nitrogen and oxygen atoms in total. The topological polar surface area (TPSA) is 72.9 Å². The molecule has 3 aliphatic rings. The van der Waals surface area contributed by atoms with E-state index in [1.165, 1.54) is 32.1 Å². The SMILES string of the molecule is CC(=O)NC1CCN(C[C@]2(O)CCCN(C(=O)CCC3CCCCC3)CC2)CC1. The number of hydrogen-bond acceptors (Lipinski definition) is 4. The van der Waals surface area contributed by atoms with Crippen molar-refractivity contribution in [3.8, 4) is 0 Å². The standard InChI is InChI=1S/C23H41N3O3/c1-19(27)24-21-10-15-25(16-11-21)18-23(29)12-5-14-26(17-13-23)22(28)9-8-20-6-3-2-4-7-20/h20-21,29H,2-18H2,1H3,(H,24,27)/t23-/m0/s1. The molecule has 0 aromatic heterocycles. The number of β-amino-alcohol motifs (C(OH)–C–C–N with tert-alkyl or cyclic N) is 1. The first-order chi connectivity index (χ1) is 13.9. The lowest BCUT2D eigenvalue weighted by Crippen LogP contribution is -2.50. The van der Waals surface area contributed by atoms with Gasteiger partial charge >= 0.3 is 0 Å². The van der Waals surface area contributed by atoms with Gasteiger partial charge in [-0.25, -0.2) is 0 Å². The zero-order valence-electron chi connectivity index (χ0n) is 18.3. The van der Waals surface area contributed by atoms with Gasteiger partial charge in [-0.05, 0) is 44.4 Å². The quantitative estimate of drug-likeness (QED) is 0.710. The Balaban J connectivity index is 1.40. The van der Waals surface area contributed by atoms with Gasteiger partial charge in [0.1, 0.15) is 0 Å². The molecule has 6 heteroatoms. The summed E-state index contributed by atoms with van der Waals surface area (Å²) in [6.07, 6.45) is 12.6. The highest BCUT2D eigenvalue weighted by atomic mass is 16.3. The van der Waals surface area contributed by atoms with Gasteiger partial charge < -0.3 is 20.2 Å². The third-order valence-corrected chi connectivity index (χ3v) is 7.27. The average molecular weight is 408 g/mol. The molecule has 2 N–H and O–H groups in total. The fourth-order valence-electron chi connectivity index (χ4n) is 5.49. The summed E-state index contributed by atoms with van der Waals surface area (Å²) in [5.74, 6) is 1.08. The van der Waals surface area contributed by atoms with Gasteiger partial charge in [0.2, 0.25) is 11.8 Å². The van der Waals surface area contributed by atoms with Gasteiger partial charge in [0.05, 0.1) is 5.60 Å². The van der Waals surface area contributed by atoms with Gasteiger partial charge in [-0.15, -0.1) is 0 Å². The average Bonchev–Trinajstić information content (AvgIpc) is 2.90. The van der Waals surface area contributed by atoms with Crippen molar-refractivity contribution in [2.24, 2.45) is 5.92 Å². The Morgan fingerprint density at radius 2 is 1.69 bits per heavy atom. The summed E-state index contributed by atoms with van der Waals surface area (Å²) in [7, 11) is 0. The molecule has 0 aromatic rings. The van der Waals surface area contributed by atoms with Crippen LogP contribution in [0.5, 0.6) is 0 Å². The van der Waals surface area contributed by atoms with Crippen LogP contribution < -0.4 is 5.32 Å². The highest BCUT2D eigenvalue weighted by molar-refractivity contribution is 5.76. The molecular weight excluding hydrogens is 366 g/mol. The molecule has 3 rings (SSSR count). The minimum atomic E-state index is -0.695. The maximum Gasteiger partial charge on any atom is 0.222 e. The number of nitrogens with zero attached hydrogens (tertiary/aromatic N) is 2. The number of piperidine rings is 1. The number of nitrogens with one attached hydrogen (secondary N) is 1. The van der Waals surface area contributed by atoms with Crippen molar-refractivity contribution in [3.05, 3.63) is 0 Å². The molecule has 29 heavy (non-hydrogen) atoms. The fraction of sp³-hybridized carbons (Fsp3) is 0.913. The van der Waals surface area contributed by atoms with Crippen LogP contribution in [0.25, 0.3) is 0 Å². The molecule has 3 fully saturated rings. The molecule has 0 radical (unpaired) electrons. The maximum absolute atomic E-state index is 12.7. The summed E-state index contributed by atoms with van der Waals surface area (Å²) >= 11 is 0. The van der Waals surface area contributed by atoms with Crippen LogP contribution in [-0.4, -0.2) is 71.1 Å². The normalized spacial score (nSPS) is 28.1. The first-order valence-electron chi connectivity index (χ1n) is 11.9. The first-order valence-corrected chi connectivity index (χ1v) is 11.9. The molecule has 0 spiro atoms. The summed E-state index contributed by atoms with van der Waals surface area (Å²) < 4.78 is 0. The monoisotopic (exact) mass is 407 g/mol. The molecule has 0 aromatic carbocycles. The lowest BCUT2D eigenvalue weighted by atomic mass is 9.86. The molecule has 2 amide bonds. The molecule has 166 valence electrons. The Hall–Kier alpha value is -1.14. The Labute approximate surface area is 176 Å². The van der Waals surface area contributed by atoms with E-state index in [9.17, 15) is 14.7 Å². The second-order valence-corrected chi connectivity index (χ2v) is 9.75. The first kappa shape index (κ1) is 22.5. The summed E-state index contributed by atoms with van der Waals surface area (Å²) in [5.41, 5.74) is -0.695. The molecule has 2 heterocycles. The Bertz CT molecular complexity index is 541. The minimum Gasteiger partial charge on any atom is -0.388 e. The summed E-state index contributed by atoms with van der Waals surface area (Å²) in [4.78, 5) is 28.3. The molecule has 2 aliphatic heterocycles. The Morgan fingerprint density at radius 3 is 2.38 bits per heavy atom. The number of carbonyl (C=O) groups excluding carboxylic acids is 2. The van der Waals surface area contributed by atoms with E-state index in [1.54, 1.807) is 6.92 Å². The van der Waals surface area contributed by atoms with E-state index in [0.29, 0.717) is 25.9 Å². The van der Waals surface area contributed by atoms with Crippen LogP contribution in [0.1, 0.15) is 84.0 Å². The highest BCUT2D eigenvalue weighted by Crippen LogP contribution is 2.29. The van der Waals surface area contributed by atoms with E-state index in [-0.39, 0.29) is 17.9 Å². The summed E-state index contributed by atoms with van der Waals surface area (Å²) in [5, 5.41) is 14.2. The van der Waals surface area contributed by atoms with E-state index in [2.05, 4.69) is 10.2 Å². The lowest BCUT2D eigenvalue weighted by molar-refractivity contribution is -0.131. The van der Waals surface area contributed by atoms with E-state index in [4.69, 9.17) is 0 Å². The van der Waals surface area contributed by atoms with Crippen molar-refractivity contribution in [2.75, 3.05) is 32.7 Å². The number of rotatable bonds is 6. The van der Waals surface area contributed by atoms with E-state index >= 15 is 0 Å². The van der Waals surface area contributed by atoms with E-state index < -0.39 is 5.60 Å². The van der Waals surface area contributed by atoms with Crippen molar-refractivity contribution in [1.29, 1.82) is 0 Å². The molecular formula is C23H41N3O3. The van der Waals surface area contributed by atoms with E-state index in [1.807, 2.05) is 4.90 Å². The molecule has 1 saturated carbocycles. The van der Waals surface area contributed by atoms with Crippen molar-refractivity contribution in [1.82, 2.24) is 15.1 Å². The third kappa shape index (κ3) is 7.25. The predicted molar refractivity (Wildman–Crippen MR) is 114 cm³/mol. The number of hydrogen-bond donors (Lipinski definition) is 2. The summed E-state index contributed by atoms with van der Waals surface area (Å²) in [6, 6.07) is 0.268. The zero-order valence-corrected chi connectivity index (χ0v) is 18.3. The Morgan fingerprint density at radius 1 is 0.966 bits per heavy atom. The van der Waals surface area contributed by atoms with Gasteiger partial charge in [-0.2, -0.15) is 0 Å².